The summed E-state index contributed by atoms with van der Waals surface area (Å²) in [5, 5.41) is 12.5. The molecule has 0 saturated heterocycles. The first-order valence-electron chi connectivity index (χ1n) is 8.64. The Morgan fingerprint density at radius 1 is 1.43 bits per heavy atom. The second-order valence-corrected chi connectivity index (χ2v) is 7.48. The summed E-state index contributed by atoms with van der Waals surface area (Å²) in [5.41, 5.74) is 0.224. The summed E-state index contributed by atoms with van der Waals surface area (Å²) in [6.07, 6.45) is 0.789. The van der Waals surface area contributed by atoms with Crippen LogP contribution in [0.15, 0.2) is 40.8 Å². The molecule has 1 aromatic carbocycles. The lowest BCUT2D eigenvalue weighted by Gasteiger charge is -2.17. The Bertz CT molecular complexity index is 954. The minimum Gasteiger partial charge on any atom is -0.465 e. The minimum absolute atomic E-state index is 0.0316. The Labute approximate surface area is 166 Å². The molecular weight excluding hydrogens is 382 g/mol. The van der Waals surface area contributed by atoms with Crippen molar-refractivity contribution < 1.29 is 19.4 Å². The van der Waals surface area contributed by atoms with E-state index < -0.39 is 17.3 Å². The molecule has 9 heteroatoms. The maximum Gasteiger partial charge on any atom is 0.337 e. The third kappa shape index (κ3) is 4.99. The zero-order chi connectivity index (χ0) is 20.8. The number of aliphatic hydroxyl groups is 1. The second-order valence-electron chi connectivity index (χ2n) is 6.18. The molecule has 1 amide bonds. The number of fused-ring (bicyclic) bond motifs is 1. The van der Waals surface area contributed by atoms with Gasteiger partial charge in [0.1, 0.15) is 0 Å². The van der Waals surface area contributed by atoms with Crippen LogP contribution in [0.3, 0.4) is 0 Å². The summed E-state index contributed by atoms with van der Waals surface area (Å²) in [7, 11) is 1.27. The van der Waals surface area contributed by atoms with Crippen molar-refractivity contribution in [3.8, 4) is 0 Å². The molecule has 0 fully saturated rings. The number of aliphatic hydroxyl groups excluding tert-OH is 1. The predicted molar refractivity (Wildman–Crippen MR) is 108 cm³/mol. The first-order valence-corrected chi connectivity index (χ1v) is 9.52. The van der Waals surface area contributed by atoms with Crippen molar-refractivity contribution in [2.24, 2.45) is 0 Å². The molecule has 2 rings (SSSR count). The SMILES string of the molecule is C=CCNC(=O)[C@@H](C)Sc1nc2cc(C(=O)OC)ccc2c(=O)n1C[C@H](C)O. The third-order valence-electron chi connectivity index (χ3n) is 3.86. The lowest BCUT2D eigenvalue weighted by molar-refractivity contribution is -0.120. The summed E-state index contributed by atoms with van der Waals surface area (Å²) < 4.78 is 6.05. The van der Waals surface area contributed by atoms with Gasteiger partial charge < -0.3 is 15.2 Å². The maximum atomic E-state index is 12.9. The van der Waals surface area contributed by atoms with Gasteiger partial charge in [0.25, 0.3) is 5.56 Å². The molecule has 0 unspecified atom stereocenters. The van der Waals surface area contributed by atoms with E-state index in [4.69, 9.17) is 4.74 Å². The van der Waals surface area contributed by atoms with E-state index in [1.54, 1.807) is 19.9 Å². The Morgan fingerprint density at radius 2 is 2.14 bits per heavy atom. The predicted octanol–water partition coefficient (Wildman–Crippen LogP) is 1.35. The van der Waals surface area contributed by atoms with E-state index in [0.29, 0.717) is 17.4 Å². The van der Waals surface area contributed by atoms with Crippen LogP contribution in [0.25, 0.3) is 10.9 Å². The molecule has 2 aromatic rings. The molecule has 2 atom stereocenters. The topological polar surface area (TPSA) is 111 Å². The molecule has 0 spiro atoms. The highest BCUT2D eigenvalue weighted by Gasteiger charge is 2.20. The van der Waals surface area contributed by atoms with E-state index in [0.717, 1.165) is 11.8 Å². The number of ether oxygens (including phenoxy) is 1. The Morgan fingerprint density at radius 3 is 2.75 bits per heavy atom. The quantitative estimate of drug-likeness (QED) is 0.295. The van der Waals surface area contributed by atoms with E-state index in [1.165, 1.54) is 29.9 Å². The van der Waals surface area contributed by atoms with Gasteiger partial charge in [0.15, 0.2) is 5.16 Å². The standard InChI is InChI=1S/C19H23N3O5S/c1-5-8-20-16(24)12(3)28-19-21-15-9-13(18(26)27-4)6-7-14(15)17(25)22(19)10-11(2)23/h5-7,9,11-12,23H,1,8,10H2,2-4H3,(H,20,24)/t11-,12+/m0/s1. The lowest BCUT2D eigenvalue weighted by atomic mass is 10.1. The molecule has 2 N–H and O–H groups in total. The molecule has 1 aromatic heterocycles. The molecule has 150 valence electrons. The number of hydrogen-bond donors (Lipinski definition) is 2. The Hall–Kier alpha value is -2.65. The number of thioether (sulfide) groups is 1. The number of benzene rings is 1. The lowest BCUT2D eigenvalue weighted by Crippen LogP contribution is -2.33. The molecule has 0 bridgehead atoms. The van der Waals surface area contributed by atoms with Gasteiger partial charge >= 0.3 is 5.97 Å². The molecule has 28 heavy (non-hydrogen) atoms. The van der Waals surface area contributed by atoms with Gasteiger partial charge in [0.05, 0.1) is 41.5 Å². The van der Waals surface area contributed by atoms with E-state index in [2.05, 4.69) is 16.9 Å². The van der Waals surface area contributed by atoms with Crippen LogP contribution in [0.5, 0.6) is 0 Å². The number of carbonyl (C=O) groups is 2. The fourth-order valence-corrected chi connectivity index (χ4v) is 3.43. The number of hydrogen-bond acceptors (Lipinski definition) is 7. The van der Waals surface area contributed by atoms with E-state index in [1.807, 2.05) is 0 Å². The van der Waals surface area contributed by atoms with Crippen LogP contribution in [-0.2, 0) is 16.1 Å². The van der Waals surface area contributed by atoms with E-state index in [9.17, 15) is 19.5 Å². The van der Waals surface area contributed by atoms with Crippen molar-refractivity contribution in [1.82, 2.24) is 14.9 Å². The van der Waals surface area contributed by atoms with Crippen LogP contribution in [-0.4, -0.2) is 51.5 Å². The summed E-state index contributed by atoms with van der Waals surface area (Å²) in [5.74, 6) is -0.769. The van der Waals surface area contributed by atoms with Crippen molar-refractivity contribution in [2.75, 3.05) is 13.7 Å². The Balaban J connectivity index is 2.53. The highest BCUT2D eigenvalue weighted by Crippen LogP contribution is 2.23. The Kier molecular flexibility index (Phi) is 7.36. The maximum absolute atomic E-state index is 12.9. The number of esters is 1. The average molecular weight is 405 g/mol. The summed E-state index contributed by atoms with van der Waals surface area (Å²) in [6.45, 7) is 7.17. The number of methoxy groups -OCH3 is 1. The first-order chi connectivity index (χ1) is 13.3. The third-order valence-corrected chi connectivity index (χ3v) is 4.95. The number of nitrogens with zero attached hydrogens (tertiary/aromatic N) is 2. The molecule has 0 aliphatic heterocycles. The van der Waals surface area contributed by atoms with Crippen LogP contribution in [0, 0.1) is 0 Å². The van der Waals surface area contributed by atoms with Crippen LogP contribution >= 0.6 is 11.8 Å². The molecule has 0 aliphatic rings. The normalized spacial score (nSPS) is 13.0. The summed E-state index contributed by atoms with van der Waals surface area (Å²) >= 11 is 1.10. The van der Waals surface area contributed by atoms with Crippen molar-refractivity contribution in [2.45, 2.75) is 36.9 Å². The van der Waals surface area contributed by atoms with Crippen LogP contribution in [0.4, 0.5) is 0 Å². The summed E-state index contributed by atoms with van der Waals surface area (Å²) in [6, 6.07) is 4.47. The fraction of sp³-hybridized carbons (Fsp3) is 0.368. The monoisotopic (exact) mass is 405 g/mol. The van der Waals surface area contributed by atoms with Gasteiger partial charge in [-0.25, -0.2) is 9.78 Å². The van der Waals surface area contributed by atoms with Crippen molar-refractivity contribution in [1.29, 1.82) is 0 Å². The van der Waals surface area contributed by atoms with E-state index >= 15 is 0 Å². The highest BCUT2D eigenvalue weighted by molar-refractivity contribution is 8.00. The average Bonchev–Trinajstić information content (AvgIpc) is 2.67. The molecule has 0 aliphatic carbocycles. The zero-order valence-electron chi connectivity index (χ0n) is 16.0. The van der Waals surface area contributed by atoms with E-state index in [-0.39, 0.29) is 28.7 Å². The van der Waals surface area contributed by atoms with Crippen molar-refractivity contribution >= 4 is 34.5 Å². The molecular formula is C19H23N3O5S. The van der Waals surface area contributed by atoms with Crippen LogP contribution in [0.1, 0.15) is 24.2 Å². The second kappa shape index (κ2) is 9.52. The number of aromatic nitrogens is 2. The van der Waals surface area contributed by atoms with Crippen LogP contribution in [0.2, 0.25) is 0 Å². The van der Waals surface area contributed by atoms with Gasteiger partial charge in [0, 0.05) is 6.54 Å². The molecule has 1 heterocycles. The number of amides is 1. The van der Waals surface area contributed by atoms with Gasteiger partial charge in [0.2, 0.25) is 5.91 Å². The zero-order valence-corrected chi connectivity index (χ0v) is 16.8. The van der Waals surface area contributed by atoms with Gasteiger partial charge in [-0.15, -0.1) is 6.58 Å². The first kappa shape index (κ1) is 21.6. The minimum atomic E-state index is -0.782. The molecule has 0 radical (unpaired) electrons. The summed E-state index contributed by atoms with van der Waals surface area (Å²) in [4.78, 5) is 41.3. The van der Waals surface area contributed by atoms with Crippen molar-refractivity contribution in [3.05, 3.63) is 46.8 Å². The molecule has 0 saturated carbocycles. The van der Waals surface area contributed by atoms with Crippen molar-refractivity contribution in [3.63, 3.8) is 0 Å². The fourth-order valence-electron chi connectivity index (χ4n) is 2.49. The smallest absolute Gasteiger partial charge is 0.337 e. The number of rotatable bonds is 8. The molecule has 8 nitrogen and oxygen atoms in total. The van der Waals surface area contributed by atoms with Gasteiger partial charge in [-0.3, -0.25) is 14.2 Å². The van der Waals surface area contributed by atoms with Gasteiger partial charge in [-0.05, 0) is 32.0 Å². The highest BCUT2D eigenvalue weighted by atomic mass is 32.2. The number of nitrogens with one attached hydrogen (secondary N) is 1. The largest absolute Gasteiger partial charge is 0.465 e. The van der Waals surface area contributed by atoms with Gasteiger partial charge in [-0.2, -0.15) is 0 Å². The number of carbonyl (C=O) groups excluding carboxylic acids is 2. The van der Waals surface area contributed by atoms with Crippen LogP contribution < -0.4 is 10.9 Å². The van der Waals surface area contributed by atoms with Gasteiger partial charge in [-0.1, -0.05) is 17.8 Å².